The first-order valence-electron chi connectivity index (χ1n) is 5.00. The van der Waals surface area contributed by atoms with Crippen LogP contribution < -0.4 is 0 Å². The van der Waals surface area contributed by atoms with Crippen molar-refractivity contribution in [3.63, 3.8) is 0 Å². The molecule has 0 heterocycles. The van der Waals surface area contributed by atoms with E-state index < -0.39 is 0 Å². The van der Waals surface area contributed by atoms with Crippen LogP contribution in [0.3, 0.4) is 0 Å². The number of benzene rings is 2. The van der Waals surface area contributed by atoms with Gasteiger partial charge >= 0.3 is 0 Å². The lowest BCUT2D eigenvalue weighted by Crippen LogP contribution is -2.02. The van der Waals surface area contributed by atoms with Gasteiger partial charge in [-0.2, -0.15) is 0 Å². The van der Waals surface area contributed by atoms with Crippen LogP contribution in [-0.4, -0.2) is 6.29 Å². The van der Waals surface area contributed by atoms with Gasteiger partial charge < -0.3 is 4.79 Å². The predicted molar refractivity (Wildman–Crippen MR) is 65.5 cm³/mol. The summed E-state index contributed by atoms with van der Waals surface area (Å²) in [5.41, 5.74) is 3.42. The summed E-state index contributed by atoms with van der Waals surface area (Å²) in [6.07, 6.45) is 1.44. The van der Waals surface area contributed by atoms with Gasteiger partial charge in [-0.15, -0.1) is 0 Å². The Morgan fingerprint density at radius 2 is 1.88 bits per heavy atom. The molecule has 0 aromatic heterocycles. The van der Waals surface area contributed by atoms with E-state index in [9.17, 15) is 4.79 Å². The minimum atomic E-state index is 0.527. The first kappa shape index (κ1) is 10.9. The van der Waals surface area contributed by atoms with Gasteiger partial charge in [0.05, 0.1) is 0 Å². The van der Waals surface area contributed by atoms with Gasteiger partial charge in [-0.25, -0.2) is 0 Å². The molecule has 0 saturated heterocycles. The smallest absolute Gasteiger partial charge is 0.124 e. The Kier molecular flexibility index (Phi) is 3.37. The number of carbonyl (C=O) groups is 1. The number of halogens is 1. The molecule has 2 aliphatic rings. The molecule has 0 unspecified atom stereocenters. The Balaban J connectivity index is 0.000000138. The van der Waals surface area contributed by atoms with Crippen molar-refractivity contribution in [2.75, 3.05) is 0 Å². The fourth-order valence-electron chi connectivity index (χ4n) is 1.52. The number of fused-ring (bicyclic) bond motifs is 1. The van der Waals surface area contributed by atoms with Crippen LogP contribution in [0.1, 0.15) is 5.56 Å². The summed E-state index contributed by atoms with van der Waals surface area (Å²) in [6, 6.07) is 16.4. The molecule has 1 aromatic carbocycles. The van der Waals surface area contributed by atoms with Crippen molar-refractivity contribution in [2.24, 2.45) is 0 Å². The van der Waals surface area contributed by atoms with Gasteiger partial charge in [-0.3, -0.25) is 0 Å². The normalized spacial score (nSPS) is 10.1. The van der Waals surface area contributed by atoms with Crippen molar-refractivity contribution in [1.82, 2.24) is 0 Å². The number of carbonyl (C=O) groups excluding carboxylic acids is 1. The molecule has 0 bridgehead atoms. The van der Waals surface area contributed by atoms with E-state index in [-0.39, 0.29) is 0 Å². The lowest BCUT2D eigenvalue weighted by atomic mass is 9.85. The van der Waals surface area contributed by atoms with E-state index in [4.69, 9.17) is 11.6 Å². The summed E-state index contributed by atoms with van der Waals surface area (Å²) in [4.78, 5) is 10.0. The first-order valence-corrected chi connectivity index (χ1v) is 5.38. The van der Waals surface area contributed by atoms with Gasteiger partial charge in [0, 0.05) is 17.0 Å². The zero-order chi connectivity index (χ0) is 11.4. The molecule has 1 aromatic rings. The van der Waals surface area contributed by atoms with Crippen molar-refractivity contribution in [2.45, 2.75) is 6.42 Å². The average Bonchev–Trinajstić information content (AvgIpc) is 2.34. The van der Waals surface area contributed by atoms with Gasteiger partial charge in [-0.05, 0) is 29.3 Å². The molecule has 0 N–H and O–H groups in total. The highest BCUT2D eigenvalue weighted by Crippen LogP contribution is 2.44. The molecule has 1 radical (unpaired) electrons. The molecule has 0 amide bonds. The van der Waals surface area contributed by atoms with E-state index in [2.05, 4.69) is 6.07 Å². The van der Waals surface area contributed by atoms with Crippen LogP contribution in [0, 0.1) is 6.07 Å². The summed E-state index contributed by atoms with van der Waals surface area (Å²) in [6.45, 7) is 0. The Hall–Kier alpha value is -1.60. The summed E-state index contributed by atoms with van der Waals surface area (Å²) in [7, 11) is 0. The number of hydrogen-bond donors (Lipinski definition) is 0. The molecule has 3 rings (SSSR count). The third kappa shape index (κ3) is 2.15. The molecule has 0 fully saturated rings. The second-order valence-electron chi connectivity index (χ2n) is 3.44. The molecule has 0 aliphatic heterocycles. The molecule has 1 nitrogen and oxygen atoms in total. The van der Waals surface area contributed by atoms with E-state index >= 15 is 0 Å². The summed E-state index contributed by atoms with van der Waals surface area (Å²) in [5, 5.41) is 0.824. The minimum Gasteiger partial charge on any atom is -0.303 e. The van der Waals surface area contributed by atoms with Crippen LogP contribution >= 0.6 is 11.6 Å². The minimum absolute atomic E-state index is 0.527. The lowest BCUT2D eigenvalue weighted by molar-refractivity contribution is -0.107. The zero-order valence-corrected chi connectivity index (χ0v) is 9.37. The third-order valence-electron chi connectivity index (χ3n) is 2.39. The van der Waals surface area contributed by atoms with Crippen LogP contribution in [0.25, 0.3) is 11.1 Å². The highest BCUT2D eigenvalue weighted by molar-refractivity contribution is 6.36. The van der Waals surface area contributed by atoms with Gasteiger partial charge in [0.1, 0.15) is 6.29 Å². The standard InChI is InChI=1S/C8H5ClO.C6H5/c9-8-4-6-5(1-2-10)3-7(6)8;1-2-4-6-5-3-1/h2-4H,1H2;1-5H. The average molecular weight is 230 g/mol. The predicted octanol–water partition coefficient (Wildman–Crippen LogP) is 3.55. The van der Waals surface area contributed by atoms with Crippen molar-refractivity contribution in [1.29, 1.82) is 0 Å². The molecule has 2 aliphatic carbocycles. The monoisotopic (exact) mass is 229 g/mol. The van der Waals surface area contributed by atoms with Crippen LogP contribution in [0.4, 0.5) is 0 Å². The largest absolute Gasteiger partial charge is 0.303 e. The van der Waals surface area contributed by atoms with Crippen LogP contribution in [-0.2, 0) is 11.2 Å². The van der Waals surface area contributed by atoms with Gasteiger partial charge in [0.2, 0.25) is 0 Å². The maximum Gasteiger partial charge on any atom is 0.124 e. The van der Waals surface area contributed by atoms with Crippen molar-refractivity contribution in [3.8, 4) is 11.1 Å². The van der Waals surface area contributed by atoms with Gasteiger partial charge in [0.25, 0.3) is 0 Å². The molecule has 0 saturated carbocycles. The van der Waals surface area contributed by atoms with E-state index in [1.54, 1.807) is 0 Å². The van der Waals surface area contributed by atoms with E-state index in [0.29, 0.717) is 6.42 Å². The molecule has 79 valence electrons. The molecular weight excluding hydrogens is 220 g/mol. The summed E-state index contributed by atoms with van der Waals surface area (Å²) >= 11 is 5.68. The maximum absolute atomic E-state index is 10.0. The van der Waals surface area contributed by atoms with Crippen molar-refractivity contribution < 1.29 is 4.79 Å². The fourth-order valence-corrected chi connectivity index (χ4v) is 1.79. The lowest BCUT2D eigenvalue weighted by Gasteiger charge is -2.22. The number of hydrogen-bond acceptors (Lipinski definition) is 1. The van der Waals surface area contributed by atoms with Crippen LogP contribution in [0.15, 0.2) is 42.5 Å². The highest BCUT2D eigenvalue weighted by atomic mass is 35.5. The van der Waals surface area contributed by atoms with E-state index in [0.717, 1.165) is 22.4 Å². The first-order chi connectivity index (χ1) is 7.83. The highest BCUT2D eigenvalue weighted by Gasteiger charge is 2.20. The molecule has 16 heavy (non-hydrogen) atoms. The topological polar surface area (TPSA) is 17.1 Å². The molecular formula is C14H10ClO. The Morgan fingerprint density at radius 3 is 2.19 bits per heavy atom. The Labute approximate surface area is 99.7 Å². The Morgan fingerprint density at radius 1 is 1.12 bits per heavy atom. The summed E-state index contributed by atoms with van der Waals surface area (Å²) in [5.74, 6) is 0. The quantitative estimate of drug-likeness (QED) is 0.615. The molecule has 0 spiro atoms. The van der Waals surface area contributed by atoms with Crippen molar-refractivity contribution in [3.05, 3.63) is 59.1 Å². The molecule has 2 heteroatoms. The zero-order valence-electron chi connectivity index (χ0n) is 8.61. The van der Waals surface area contributed by atoms with Gasteiger partial charge in [0.15, 0.2) is 0 Å². The summed E-state index contributed by atoms with van der Waals surface area (Å²) < 4.78 is 0. The second kappa shape index (κ2) is 4.95. The maximum atomic E-state index is 10.0. The second-order valence-corrected chi connectivity index (χ2v) is 3.84. The van der Waals surface area contributed by atoms with E-state index in [1.165, 1.54) is 5.56 Å². The third-order valence-corrected chi connectivity index (χ3v) is 2.71. The van der Waals surface area contributed by atoms with Gasteiger partial charge in [-0.1, -0.05) is 41.9 Å². The Bertz CT molecular complexity index is 465. The number of aldehydes is 1. The number of rotatable bonds is 2. The van der Waals surface area contributed by atoms with Crippen LogP contribution in [0.2, 0.25) is 5.02 Å². The van der Waals surface area contributed by atoms with Crippen LogP contribution in [0.5, 0.6) is 0 Å². The fraction of sp³-hybridized carbons (Fsp3) is 0.0714. The molecule has 0 atom stereocenters. The van der Waals surface area contributed by atoms with E-state index in [1.807, 2.05) is 42.5 Å². The van der Waals surface area contributed by atoms with Crippen molar-refractivity contribution >= 4 is 17.9 Å². The SMILES string of the molecule is O=CCc1cc2c(Cl)cc1-2.[c]1ccccc1.